The van der Waals surface area contributed by atoms with E-state index in [1.165, 1.54) is 0 Å². The molecule has 4 amide bonds. The Kier molecular flexibility index (Phi) is 5.45. The fourth-order valence-corrected chi connectivity index (χ4v) is 0.666. The zero-order chi connectivity index (χ0) is 11.8. The van der Waals surface area contributed by atoms with Crippen LogP contribution < -0.4 is 22.1 Å². The highest BCUT2D eigenvalue weighted by molar-refractivity contribution is 6.34. The summed E-state index contributed by atoms with van der Waals surface area (Å²) in [5.41, 5.74) is 9.31. The number of nitrogens with two attached hydrogens (primary N) is 2. The minimum Gasteiger partial charge on any atom is -0.361 e. The molecule has 0 saturated carbocycles. The molecule has 0 atom stereocenters. The molecule has 0 bridgehead atoms. The number of primary amides is 2. The first-order valence-corrected chi connectivity index (χ1v) is 4.10. The second kappa shape index (κ2) is 6.35. The molecule has 15 heavy (non-hydrogen) atoms. The van der Waals surface area contributed by atoms with Crippen LogP contribution in [0.1, 0.15) is 6.42 Å². The first-order valence-electron chi connectivity index (χ1n) is 4.10. The zero-order valence-corrected chi connectivity index (χ0v) is 7.91. The van der Waals surface area contributed by atoms with E-state index in [-0.39, 0.29) is 13.1 Å². The molecule has 0 rings (SSSR count). The molecule has 8 nitrogen and oxygen atoms in total. The lowest BCUT2D eigenvalue weighted by Gasteiger charge is -2.03. The lowest BCUT2D eigenvalue weighted by molar-refractivity contribution is -0.137. The summed E-state index contributed by atoms with van der Waals surface area (Å²) < 4.78 is 0. The van der Waals surface area contributed by atoms with Crippen LogP contribution in [0.4, 0.5) is 0 Å². The van der Waals surface area contributed by atoms with Gasteiger partial charge in [-0.2, -0.15) is 0 Å². The molecule has 0 saturated heterocycles. The van der Waals surface area contributed by atoms with Crippen molar-refractivity contribution in [2.75, 3.05) is 13.1 Å². The van der Waals surface area contributed by atoms with Crippen molar-refractivity contribution in [3.8, 4) is 0 Å². The van der Waals surface area contributed by atoms with Crippen molar-refractivity contribution < 1.29 is 19.2 Å². The molecule has 0 aliphatic heterocycles. The standard InChI is InChI=1S/C7H12N4O4/c8-4(12)6(14)10-2-1-3-11-7(15)5(9)13/h1-3H2,(H2,8,12)(H2,9,13)(H,10,14)(H,11,15). The lowest BCUT2D eigenvalue weighted by Crippen LogP contribution is -2.39. The van der Waals surface area contributed by atoms with Gasteiger partial charge in [0, 0.05) is 13.1 Å². The number of hydrogen-bond acceptors (Lipinski definition) is 4. The molecule has 84 valence electrons. The van der Waals surface area contributed by atoms with Crippen LogP contribution in [0, 0.1) is 0 Å². The van der Waals surface area contributed by atoms with Crippen molar-refractivity contribution in [2.24, 2.45) is 11.5 Å². The number of amides is 4. The molecule has 0 spiro atoms. The summed E-state index contributed by atoms with van der Waals surface area (Å²) in [6, 6.07) is 0. The van der Waals surface area contributed by atoms with Gasteiger partial charge in [-0.3, -0.25) is 19.2 Å². The minimum absolute atomic E-state index is 0.167. The summed E-state index contributed by atoms with van der Waals surface area (Å²) in [6.45, 7) is 0.335. The van der Waals surface area contributed by atoms with E-state index in [1.807, 2.05) is 0 Å². The quantitative estimate of drug-likeness (QED) is 0.286. The minimum atomic E-state index is -1.07. The fourth-order valence-electron chi connectivity index (χ4n) is 0.666. The third-order valence-corrected chi connectivity index (χ3v) is 1.37. The van der Waals surface area contributed by atoms with Crippen LogP contribution in [0.3, 0.4) is 0 Å². The highest BCUT2D eigenvalue weighted by Crippen LogP contribution is 1.74. The molecular formula is C7H12N4O4. The predicted molar refractivity (Wildman–Crippen MR) is 49.0 cm³/mol. The highest BCUT2D eigenvalue weighted by atomic mass is 16.2. The van der Waals surface area contributed by atoms with Crippen molar-refractivity contribution in [1.82, 2.24) is 10.6 Å². The summed E-state index contributed by atoms with van der Waals surface area (Å²) in [4.78, 5) is 41.7. The average Bonchev–Trinajstić information content (AvgIpc) is 2.16. The van der Waals surface area contributed by atoms with Crippen molar-refractivity contribution in [1.29, 1.82) is 0 Å². The number of rotatable bonds is 4. The molecule has 0 aromatic heterocycles. The summed E-state index contributed by atoms with van der Waals surface area (Å²) in [5, 5.41) is 4.41. The van der Waals surface area contributed by atoms with E-state index in [1.54, 1.807) is 0 Å². The number of carbonyl (C=O) groups is 4. The van der Waals surface area contributed by atoms with Crippen LogP contribution in [-0.2, 0) is 19.2 Å². The predicted octanol–water partition coefficient (Wildman–Crippen LogP) is -3.42. The van der Waals surface area contributed by atoms with Crippen molar-refractivity contribution in [3.05, 3.63) is 0 Å². The molecule has 0 fully saturated rings. The molecule has 8 heteroatoms. The van der Waals surface area contributed by atoms with Crippen LogP contribution in [0.5, 0.6) is 0 Å². The highest BCUT2D eigenvalue weighted by Gasteiger charge is 2.08. The Bertz CT molecular complexity index is 261. The van der Waals surface area contributed by atoms with Gasteiger partial charge in [0.25, 0.3) is 0 Å². The third-order valence-electron chi connectivity index (χ3n) is 1.37. The SMILES string of the molecule is NC(=O)C(=O)NCCCNC(=O)C(N)=O. The van der Waals surface area contributed by atoms with E-state index in [9.17, 15) is 19.2 Å². The third kappa shape index (κ3) is 6.02. The Morgan fingerprint density at radius 2 is 1.13 bits per heavy atom. The number of carbonyl (C=O) groups excluding carboxylic acids is 4. The van der Waals surface area contributed by atoms with Gasteiger partial charge in [0.15, 0.2) is 0 Å². The monoisotopic (exact) mass is 216 g/mol. The Morgan fingerprint density at radius 3 is 1.40 bits per heavy atom. The van der Waals surface area contributed by atoms with Crippen molar-refractivity contribution >= 4 is 23.6 Å². The van der Waals surface area contributed by atoms with Gasteiger partial charge >= 0.3 is 23.6 Å². The Hall–Kier alpha value is -2.12. The van der Waals surface area contributed by atoms with Gasteiger partial charge in [0.1, 0.15) is 0 Å². The van der Waals surface area contributed by atoms with Gasteiger partial charge in [-0.25, -0.2) is 0 Å². The van der Waals surface area contributed by atoms with E-state index in [4.69, 9.17) is 0 Å². The van der Waals surface area contributed by atoms with Gasteiger partial charge < -0.3 is 22.1 Å². The van der Waals surface area contributed by atoms with Crippen LogP contribution >= 0.6 is 0 Å². The maximum absolute atomic E-state index is 10.6. The molecule has 6 N–H and O–H groups in total. The van der Waals surface area contributed by atoms with E-state index < -0.39 is 23.6 Å². The normalized spacial score (nSPS) is 9.07. The molecule has 0 unspecified atom stereocenters. The van der Waals surface area contributed by atoms with E-state index in [0.717, 1.165) is 0 Å². The van der Waals surface area contributed by atoms with Crippen molar-refractivity contribution in [3.63, 3.8) is 0 Å². The largest absolute Gasteiger partial charge is 0.361 e. The molecule has 0 aliphatic carbocycles. The van der Waals surface area contributed by atoms with E-state index in [0.29, 0.717) is 6.42 Å². The van der Waals surface area contributed by atoms with Gasteiger partial charge in [-0.15, -0.1) is 0 Å². The Balaban J connectivity index is 3.48. The van der Waals surface area contributed by atoms with E-state index >= 15 is 0 Å². The van der Waals surface area contributed by atoms with Crippen LogP contribution in [0.25, 0.3) is 0 Å². The summed E-state index contributed by atoms with van der Waals surface area (Å²) in [7, 11) is 0. The number of hydrogen-bond donors (Lipinski definition) is 4. The van der Waals surface area contributed by atoms with Crippen molar-refractivity contribution in [2.45, 2.75) is 6.42 Å². The topological polar surface area (TPSA) is 144 Å². The van der Waals surface area contributed by atoms with Gasteiger partial charge in [0.2, 0.25) is 0 Å². The molecule has 0 heterocycles. The smallest absolute Gasteiger partial charge is 0.309 e. The molecular weight excluding hydrogens is 204 g/mol. The Labute approximate surface area is 85.4 Å². The van der Waals surface area contributed by atoms with Crippen LogP contribution in [-0.4, -0.2) is 36.7 Å². The average molecular weight is 216 g/mol. The fraction of sp³-hybridized carbons (Fsp3) is 0.429. The molecule has 0 radical (unpaired) electrons. The van der Waals surface area contributed by atoms with Gasteiger partial charge in [0.05, 0.1) is 0 Å². The second-order valence-corrected chi connectivity index (χ2v) is 2.59. The maximum atomic E-state index is 10.6. The summed E-state index contributed by atoms with van der Waals surface area (Å²) in [6.07, 6.45) is 0.359. The molecule has 0 aliphatic rings. The Morgan fingerprint density at radius 1 is 0.800 bits per heavy atom. The van der Waals surface area contributed by atoms with Crippen LogP contribution in [0.2, 0.25) is 0 Å². The summed E-state index contributed by atoms with van der Waals surface area (Å²) in [5.74, 6) is -3.93. The lowest BCUT2D eigenvalue weighted by atomic mass is 10.4. The molecule has 0 aromatic rings. The van der Waals surface area contributed by atoms with Gasteiger partial charge in [-0.05, 0) is 6.42 Å². The summed E-state index contributed by atoms with van der Waals surface area (Å²) >= 11 is 0. The number of nitrogens with one attached hydrogen (secondary N) is 2. The van der Waals surface area contributed by atoms with Crippen LogP contribution in [0.15, 0.2) is 0 Å². The van der Waals surface area contributed by atoms with E-state index in [2.05, 4.69) is 22.1 Å². The molecule has 0 aromatic carbocycles. The second-order valence-electron chi connectivity index (χ2n) is 2.59. The van der Waals surface area contributed by atoms with Gasteiger partial charge in [-0.1, -0.05) is 0 Å². The first-order chi connectivity index (χ1) is 6.95. The maximum Gasteiger partial charge on any atom is 0.309 e. The zero-order valence-electron chi connectivity index (χ0n) is 7.91. The first kappa shape index (κ1) is 12.9.